The number of benzene rings is 4. The molecule has 6 rings (SSSR count). The average molecular weight is 791 g/mol. The van der Waals surface area contributed by atoms with Gasteiger partial charge in [0.1, 0.15) is 0 Å². The van der Waals surface area contributed by atoms with E-state index in [2.05, 4.69) is 73.9 Å². The molecule has 60 heavy (non-hydrogen) atoms. The molecular weight excluding hydrogens is 753 g/mol. The number of nitriles is 4. The number of rotatable bonds is 15. The van der Waals surface area contributed by atoms with Gasteiger partial charge >= 0.3 is 0 Å². The molecule has 16 heteroatoms. The molecule has 6 aromatic rings. The maximum Gasteiger partial charge on any atom is 0.233 e. The van der Waals surface area contributed by atoms with Crippen LogP contribution in [0.4, 0.5) is 58.4 Å². The molecule has 0 spiro atoms. The summed E-state index contributed by atoms with van der Waals surface area (Å²) in [4.78, 5) is 27.8. The van der Waals surface area contributed by atoms with Gasteiger partial charge in [-0.15, -0.1) is 0 Å². The molecule has 0 aliphatic carbocycles. The second-order valence-electron chi connectivity index (χ2n) is 13.3. The third-order valence-corrected chi connectivity index (χ3v) is 8.79. The van der Waals surface area contributed by atoms with E-state index in [4.69, 9.17) is 10.5 Å². The monoisotopic (exact) mass is 790 g/mol. The van der Waals surface area contributed by atoms with Gasteiger partial charge in [0.15, 0.2) is 0 Å². The highest BCUT2D eigenvalue weighted by Crippen LogP contribution is 2.28. The lowest BCUT2D eigenvalue weighted by Gasteiger charge is -2.16. The third-order valence-electron chi connectivity index (χ3n) is 8.79. The average Bonchev–Trinajstić information content (AvgIpc) is 3.24. The van der Waals surface area contributed by atoms with Gasteiger partial charge in [-0.3, -0.25) is 0 Å². The summed E-state index contributed by atoms with van der Waals surface area (Å²) in [6, 6.07) is 30.0. The minimum Gasteiger partial charge on any atom is -0.352 e. The third kappa shape index (κ3) is 10.9. The molecule has 16 nitrogen and oxygen atoms in total. The van der Waals surface area contributed by atoms with Gasteiger partial charge in [0, 0.05) is 48.0 Å². The number of nitrogens with zero attached hydrogens (tertiary/aromatic N) is 10. The Labute approximate surface area is 347 Å². The summed E-state index contributed by atoms with van der Waals surface area (Å²) in [5.74, 6) is 1.68. The zero-order valence-corrected chi connectivity index (χ0v) is 33.1. The van der Waals surface area contributed by atoms with Crippen molar-refractivity contribution in [1.29, 1.82) is 21.0 Å². The molecule has 0 aliphatic heterocycles. The van der Waals surface area contributed by atoms with Gasteiger partial charge in [-0.05, 0) is 146 Å². The SMILES string of the molecule is Cc1cc(/C=C/C#N)cc(C)c1Nc1nc(NCCNc2nc(Nc3ccc(C#N)cc3)nc(Nc3c(C)cc(/C=C/C#N)cc3C)n2)nc(Nc2ccc(C#N)cc2)n1. The minimum absolute atomic E-state index is 0.267. The van der Waals surface area contributed by atoms with Crippen LogP contribution >= 0.6 is 0 Å². The highest BCUT2D eigenvalue weighted by atomic mass is 15.3. The van der Waals surface area contributed by atoms with E-state index in [1.165, 1.54) is 12.2 Å². The van der Waals surface area contributed by atoms with E-state index >= 15 is 0 Å². The first-order valence-electron chi connectivity index (χ1n) is 18.6. The minimum atomic E-state index is 0.267. The molecule has 2 aromatic heterocycles. The summed E-state index contributed by atoms with van der Waals surface area (Å²) < 4.78 is 0. The van der Waals surface area contributed by atoms with Gasteiger partial charge in [0.2, 0.25) is 35.7 Å². The predicted octanol–water partition coefficient (Wildman–Crippen LogP) is 8.61. The summed E-state index contributed by atoms with van der Waals surface area (Å²) in [6.45, 7) is 8.54. The van der Waals surface area contributed by atoms with Crippen LogP contribution in [-0.4, -0.2) is 43.0 Å². The Kier molecular flexibility index (Phi) is 13.1. The molecule has 294 valence electrons. The zero-order chi connectivity index (χ0) is 42.4. The van der Waals surface area contributed by atoms with Crippen molar-refractivity contribution in [2.24, 2.45) is 0 Å². The van der Waals surface area contributed by atoms with E-state index < -0.39 is 0 Å². The van der Waals surface area contributed by atoms with Crippen molar-refractivity contribution in [1.82, 2.24) is 29.9 Å². The Morgan fingerprint density at radius 2 is 0.767 bits per heavy atom. The Morgan fingerprint density at radius 3 is 1.08 bits per heavy atom. The second kappa shape index (κ2) is 19.3. The molecule has 6 N–H and O–H groups in total. The normalized spacial score (nSPS) is 10.6. The van der Waals surface area contributed by atoms with E-state index in [0.29, 0.717) is 35.6 Å². The van der Waals surface area contributed by atoms with Gasteiger partial charge in [0.05, 0.1) is 35.4 Å². The van der Waals surface area contributed by atoms with Crippen molar-refractivity contribution in [2.45, 2.75) is 27.7 Å². The Morgan fingerprint density at radius 1 is 0.450 bits per heavy atom. The smallest absolute Gasteiger partial charge is 0.233 e. The molecule has 0 atom stereocenters. The maximum absolute atomic E-state index is 9.25. The fraction of sp³-hybridized carbons (Fsp3) is 0.136. The highest BCUT2D eigenvalue weighted by Gasteiger charge is 2.14. The molecule has 0 amide bonds. The van der Waals surface area contributed by atoms with E-state index in [9.17, 15) is 10.5 Å². The number of anilines is 10. The first-order chi connectivity index (χ1) is 29.1. The second-order valence-corrected chi connectivity index (χ2v) is 13.3. The topological polar surface area (TPSA) is 245 Å². The quantitative estimate of drug-likeness (QED) is 0.0421. The van der Waals surface area contributed by atoms with Crippen molar-refractivity contribution in [2.75, 3.05) is 45.0 Å². The first kappa shape index (κ1) is 40.8. The summed E-state index contributed by atoms with van der Waals surface area (Å²) in [6.07, 6.45) is 6.38. The van der Waals surface area contributed by atoms with Gasteiger partial charge in [0.25, 0.3) is 0 Å². The summed E-state index contributed by atoms with van der Waals surface area (Å²) in [5.41, 5.74) is 9.57. The van der Waals surface area contributed by atoms with Gasteiger partial charge in [-0.25, -0.2) is 0 Å². The highest BCUT2D eigenvalue weighted by molar-refractivity contribution is 5.70. The number of hydrogen-bond donors (Lipinski definition) is 6. The van der Waals surface area contributed by atoms with Crippen molar-refractivity contribution >= 4 is 70.6 Å². The molecule has 0 radical (unpaired) electrons. The molecule has 0 unspecified atom stereocenters. The van der Waals surface area contributed by atoms with Crippen LogP contribution in [0.15, 0.2) is 84.9 Å². The Hall–Kier alpha value is -8.86. The molecule has 0 fully saturated rings. The number of aromatic nitrogens is 6. The van der Waals surface area contributed by atoms with Gasteiger partial charge in [-0.1, -0.05) is 0 Å². The van der Waals surface area contributed by atoms with Crippen LogP contribution in [0.1, 0.15) is 44.5 Å². The van der Waals surface area contributed by atoms with Crippen LogP contribution in [0.25, 0.3) is 12.2 Å². The lowest BCUT2D eigenvalue weighted by atomic mass is 10.0. The Balaban J connectivity index is 1.23. The molecule has 0 saturated carbocycles. The maximum atomic E-state index is 9.25. The van der Waals surface area contributed by atoms with Gasteiger partial charge in [-0.2, -0.15) is 51.0 Å². The van der Waals surface area contributed by atoms with E-state index in [1.807, 2.05) is 64.1 Å². The lowest BCUT2D eigenvalue weighted by molar-refractivity contribution is 0.971. The molecule has 2 heterocycles. The van der Waals surface area contributed by atoms with E-state index in [1.54, 1.807) is 60.7 Å². The summed E-state index contributed by atoms with van der Waals surface area (Å²) in [7, 11) is 0. The van der Waals surface area contributed by atoms with Crippen LogP contribution in [0.2, 0.25) is 0 Å². The van der Waals surface area contributed by atoms with Crippen molar-refractivity contribution in [3.63, 3.8) is 0 Å². The summed E-state index contributed by atoms with van der Waals surface area (Å²) in [5, 5.41) is 56.1. The van der Waals surface area contributed by atoms with Crippen LogP contribution in [-0.2, 0) is 0 Å². The Bertz CT molecular complexity index is 2510. The molecule has 0 aliphatic rings. The van der Waals surface area contributed by atoms with Gasteiger partial charge < -0.3 is 31.9 Å². The van der Waals surface area contributed by atoms with Crippen LogP contribution in [0.3, 0.4) is 0 Å². The molecule has 0 saturated heterocycles. The predicted molar refractivity (Wildman–Crippen MR) is 233 cm³/mol. The van der Waals surface area contributed by atoms with Crippen molar-refractivity contribution in [3.05, 3.63) is 129 Å². The standard InChI is InChI=1S/C44H38N16/c1-27-21-33(7-5-17-45)22-28(2)37(27)53-43-57-39(55-41(59-43)51-35-13-9-31(25-47)10-14-35)49-19-20-50-40-56-42(52-36-15-11-32(26-48)12-16-36)60-44(58-40)54-38-29(3)23-34(8-6-18-46)24-30(38)4/h5-16,21-24H,19-20H2,1-4H3,(H3,49,51,53,55,57,59)(H3,50,52,54,56,58,60)/b7-5+,8-6+. The van der Waals surface area contributed by atoms with Crippen LogP contribution in [0.5, 0.6) is 0 Å². The molecular formula is C44H38N16. The van der Waals surface area contributed by atoms with E-state index in [0.717, 1.165) is 44.8 Å². The van der Waals surface area contributed by atoms with Crippen molar-refractivity contribution in [3.8, 4) is 24.3 Å². The fourth-order valence-corrected chi connectivity index (χ4v) is 6.07. The largest absolute Gasteiger partial charge is 0.352 e. The zero-order valence-electron chi connectivity index (χ0n) is 33.1. The fourth-order valence-electron chi connectivity index (χ4n) is 6.07. The number of aryl methyl sites for hydroxylation is 4. The molecule has 0 bridgehead atoms. The number of hydrogen-bond acceptors (Lipinski definition) is 16. The lowest BCUT2D eigenvalue weighted by Crippen LogP contribution is -2.18. The summed E-state index contributed by atoms with van der Waals surface area (Å²) >= 11 is 0. The first-order valence-corrected chi connectivity index (χ1v) is 18.6. The van der Waals surface area contributed by atoms with E-state index in [-0.39, 0.29) is 35.7 Å². The number of allylic oxidation sites excluding steroid dienone is 2. The number of nitrogens with one attached hydrogen (secondary N) is 6. The van der Waals surface area contributed by atoms with Crippen molar-refractivity contribution < 1.29 is 0 Å². The molecule has 4 aromatic carbocycles. The van der Waals surface area contributed by atoms with Crippen LogP contribution < -0.4 is 31.9 Å². The van der Waals surface area contributed by atoms with Crippen LogP contribution in [0, 0.1) is 73.0 Å².